The zero-order chi connectivity index (χ0) is 12.3. The van der Waals surface area contributed by atoms with Crippen LogP contribution in [0.1, 0.15) is 10.4 Å². The summed E-state index contributed by atoms with van der Waals surface area (Å²) in [7, 11) is 2.38. The second-order valence-electron chi connectivity index (χ2n) is 2.74. The number of aromatic carboxylic acids is 1. The van der Waals surface area contributed by atoms with Gasteiger partial charge in [-0.2, -0.15) is 0 Å². The molecule has 0 unspecified atom stereocenters. The lowest BCUT2D eigenvalue weighted by Gasteiger charge is -2.13. The van der Waals surface area contributed by atoms with E-state index < -0.39 is 22.1 Å². The van der Waals surface area contributed by atoms with E-state index in [2.05, 4.69) is 0 Å². The van der Waals surface area contributed by atoms with Gasteiger partial charge in [0.1, 0.15) is 5.75 Å². The number of carboxylic acid groups (broad SMARTS) is 1. The van der Waals surface area contributed by atoms with E-state index in [1.165, 1.54) is 13.2 Å². The van der Waals surface area contributed by atoms with Crippen LogP contribution < -0.4 is 14.6 Å². The Kier molecular flexibility index (Phi) is 3.29. The number of nitrogens with zero attached hydrogens (tertiary/aromatic N) is 1. The summed E-state index contributed by atoms with van der Waals surface area (Å²) in [4.78, 5) is 20.7. The zero-order valence-electron chi connectivity index (χ0n) is 8.55. The molecule has 0 atom stereocenters. The van der Waals surface area contributed by atoms with E-state index in [1.54, 1.807) is 0 Å². The topological polar surface area (TPSA) is 102 Å². The summed E-state index contributed by atoms with van der Waals surface area (Å²) in [6.45, 7) is 0. The SMILES string of the molecule is COc1ccc([N+](=O)[O-])c(OC)c1C(=O)[O-]. The Morgan fingerprint density at radius 3 is 2.31 bits per heavy atom. The summed E-state index contributed by atoms with van der Waals surface area (Å²) in [5.74, 6) is -2.04. The minimum atomic E-state index is -1.60. The van der Waals surface area contributed by atoms with Crippen LogP contribution in [0.5, 0.6) is 11.5 Å². The maximum atomic E-state index is 10.8. The molecule has 0 aliphatic heterocycles. The number of rotatable bonds is 4. The fraction of sp³-hybridized carbons (Fsp3) is 0.222. The van der Waals surface area contributed by atoms with Crippen molar-refractivity contribution in [2.24, 2.45) is 0 Å². The maximum Gasteiger partial charge on any atom is 0.311 e. The van der Waals surface area contributed by atoms with E-state index in [0.717, 1.165) is 13.2 Å². The highest BCUT2D eigenvalue weighted by Gasteiger charge is 2.22. The largest absolute Gasteiger partial charge is 0.545 e. The Labute approximate surface area is 90.4 Å². The van der Waals surface area contributed by atoms with Crippen molar-refractivity contribution in [3.05, 3.63) is 27.8 Å². The fourth-order valence-corrected chi connectivity index (χ4v) is 1.27. The number of nitro benzene ring substituents is 1. The van der Waals surface area contributed by atoms with Crippen LogP contribution in [0.4, 0.5) is 5.69 Å². The Bertz CT molecular complexity index is 442. The highest BCUT2D eigenvalue weighted by atomic mass is 16.6. The molecule has 0 aliphatic carbocycles. The number of carbonyl (C=O) groups excluding carboxylic acids is 1. The summed E-state index contributed by atoms with van der Waals surface area (Å²) < 4.78 is 9.46. The molecule has 7 heteroatoms. The molecule has 16 heavy (non-hydrogen) atoms. The maximum absolute atomic E-state index is 10.8. The number of carboxylic acids is 1. The lowest BCUT2D eigenvalue weighted by atomic mass is 10.1. The third kappa shape index (κ3) is 1.88. The van der Waals surface area contributed by atoms with E-state index >= 15 is 0 Å². The van der Waals surface area contributed by atoms with Gasteiger partial charge in [-0.3, -0.25) is 10.1 Å². The zero-order valence-corrected chi connectivity index (χ0v) is 8.55. The van der Waals surface area contributed by atoms with Gasteiger partial charge in [0.2, 0.25) is 5.75 Å². The number of hydrogen-bond acceptors (Lipinski definition) is 6. The second-order valence-corrected chi connectivity index (χ2v) is 2.74. The van der Waals surface area contributed by atoms with E-state index in [-0.39, 0.29) is 11.5 Å². The van der Waals surface area contributed by atoms with Crippen LogP contribution >= 0.6 is 0 Å². The summed E-state index contributed by atoms with van der Waals surface area (Å²) in [6.07, 6.45) is 0. The lowest BCUT2D eigenvalue weighted by molar-refractivity contribution is -0.385. The Morgan fingerprint density at radius 2 is 1.94 bits per heavy atom. The molecular formula is C9H8NO6-. The average Bonchev–Trinajstić information content (AvgIpc) is 2.26. The third-order valence-corrected chi connectivity index (χ3v) is 1.92. The first-order valence-electron chi connectivity index (χ1n) is 4.13. The van der Waals surface area contributed by atoms with Crippen molar-refractivity contribution in [3.8, 4) is 11.5 Å². The summed E-state index contributed by atoms with van der Waals surface area (Å²) in [5.41, 5.74) is -0.929. The van der Waals surface area contributed by atoms with Gasteiger partial charge in [-0.25, -0.2) is 0 Å². The minimum Gasteiger partial charge on any atom is -0.545 e. The molecule has 0 spiro atoms. The van der Waals surface area contributed by atoms with Gasteiger partial charge in [-0.1, -0.05) is 0 Å². The summed E-state index contributed by atoms with van der Waals surface area (Å²) >= 11 is 0. The summed E-state index contributed by atoms with van der Waals surface area (Å²) in [5, 5.41) is 21.5. The number of ether oxygens (including phenoxy) is 2. The first-order chi connectivity index (χ1) is 7.52. The van der Waals surface area contributed by atoms with Gasteiger partial charge >= 0.3 is 5.69 Å². The van der Waals surface area contributed by atoms with Crippen LogP contribution in [0.25, 0.3) is 0 Å². The smallest absolute Gasteiger partial charge is 0.311 e. The molecule has 0 amide bonds. The predicted molar refractivity (Wildman–Crippen MR) is 50.5 cm³/mol. The molecule has 0 aromatic heterocycles. The predicted octanol–water partition coefficient (Wildman–Crippen LogP) is -0.0245. The molecular weight excluding hydrogens is 218 g/mol. The van der Waals surface area contributed by atoms with Gasteiger partial charge in [-0.15, -0.1) is 0 Å². The van der Waals surface area contributed by atoms with Crippen LogP contribution in [0, 0.1) is 10.1 Å². The minimum absolute atomic E-state index is 0.0533. The fourth-order valence-electron chi connectivity index (χ4n) is 1.27. The van der Waals surface area contributed by atoms with Crippen molar-refractivity contribution < 1.29 is 24.3 Å². The molecule has 86 valence electrons. The van der Waals surface area contributed by atoms with Crippen LogP contribution in [0.3, 0.4) is 0 Å². The van der Waals surface area contributed by atoms with Crippen LogP contribution in [-0.4, -0.2) is 25.1 Å². The molecule has 0 aliphatic rings. The summed E-state index contributed by atoms with van der Waals surface area (Å²) in [6, 6.07) is 2.27. The molecule has 0 radical (unpaired) electrons. The van der Waals surface area contributed by atoms with Crippen LogP contribution in [0.15, 0.2) is 12.1 Å². The number of benzene rings is 1. The molecule has 0 saturated heterocycles. The highest BCUT2D eigenvalue weighted by molar-refractivity contribution is 5.94. The van der Waals surface area contributed by atoms with Gasteiger partial charge in [0, 0.05) is 6.07 Å². The number of nitro groups is 1. The molecule has 1 aromatic rings. The average molecular weight is 226 g/mol. The quantitative estimate of drug-likeness (QED) is 0.528. The van der Waals surface area contributed by atoms with Crippen molar-refractivity contribution in [2.45, 2.75) is 0 Å². The van der Waals surface area contributed by atoms with Crippen LogP contribution in [0.2, 0.25) is 0 Å². The van der Waals surface area contributed by atoms with Crippen LogP contribution in [-0.2, 0) is 0 Å². The van der Waals surface area contributed by atoms with E-state index in [0.29, 0.717) is 0 Å². The van der Waals surface area contributed by atoms with Gasteiger partial charge in [0.05, 0.1) is 30.7 Å². The number of carbonyl (C=O) groups is 1. The number of hydrogen-bond donors (Lipinski definition) is 0. The first-order valence-corrected chi connectivity index (χ1v) is 4.13. The van der Waals surface area contributed by atoms with E-state index in [1.807, 2.05) is 0 Å². The monoisotopic (exact) mass is 226 g/mol. The third-order valence-electron chi connectivity index (χ3n) is 1.92. The molecule has 0 N–H and O–H groups in total. The molecule has 0 saturated carbocycles. The normalized spacial score (nSPS) is 9.62. The van der Waals surface area contributed by atoms with Gasteiger partial charge in [-0.05, 0) is 6.07 Å². The first kappa shape index (κ1) is 11.8. The Balaban J connectivity index is 3.56. The Hall–Kier alpha value is -2.31. The van der Waals surface area contributed by atoms with Crippen molar-refractivity contribution >= 4 is 11.7 Å². The molecule has 0 bridgehead atoms. The molecule has 0 fully saturated rings. The van der Waals surface area contributed by atoms with Crippen molar-refractivity contribution in [1.82, 2.24) is 0 Å². The van der Waals surface area contributed by atoms with E-state index in [4.69, 9.17) is 9.47 Å². The van der Waals surface area contributed by atoms with Gasteiger partial charge in [0.25, 0.3) is 0 Å². The van der Waals surface area contributed by atoms with Gasteiger partial charge < -0.3 is 19.4 Å². The highest BCUT2D eigenvalue weighted by Crippen LogP contribution is 2.36. The van der Waals surface area contributed by atoms with Gasteiger partial charge in [0.15, 0.2) is 0 Å². The standard InChI is InChI=1S/C9H9NO6/c1-15-6-4-3-5(10(13)14)8(16-2)7(6)9(11)12/h3-4H,1-2H3,(H,11,12)/p-1. The molecule has 1 rings (SSSR count). The number of methoxy groups -OCH3 is 2. The second kappa shape index (κ2) is 4.47. The Morgan fingerprint density at radius 1 is 1.31 bits per heavy atom. The van der Waals surface area contributed by atoms with Crippen molar-refractivity contribution in [3.63, 3.8) is 0 Å². The van der Waals surface area contributed by atoms with Crippen molar-refractivity contribution in [2.75, 3.05) is 14.2 Å². The van der Waals surface area contributed by atoms with Crippen molar-refractivity contribution in [1.29, 1.82) is 0 Å². The molecule has 7 nitrogen and oxygen atoms in total. The van der Waals surface area contributed by atoms with E-state index in [9.17, 15) is 20.0 Å². The lowest BCUT2D eigenvalue weighted by Crippen LogP contribution is -2.24. The molecule has 1 aromatic carbocycles. The molecule has 0 heterocycles.